The summed E-state index contributed by atoms with van der Waals surface area (Å²) in [7, 11) is 0. The van der Waals surface area contributed by atoms with Crippen molar-refractivity contribution in [2.24, 2.45) is 17.3 Å². The lowest BCUT2D eigenvalue weighted by Gasteiger charge is -2.27. The first kappa shape index (κ1) is 23.4. The minimum Gasteiger partial charge on any atom is -0.481 e. The van der Waals surface area contributed by atoms with E-state index in [1.54, 1.807) is 13.0 Å². The van der Waals surface area contributed by atoms with E-state index in [2.05, 4.69) is 11.8 Å². The van der Waals surface area contributed by atoms with Crippen LogP contribution >= 0.6 is 0 Å². The molecular weight excluding hydrogens is 344 g/mol. The average molecular weight is 379 g/mol. The van der Waals surface area contributed by atoms with Gasteiger partial charge in [0.05, 0.1) is 18.3 Å². The Balaban J connectivity index is 2.65. The molecule has 0 unspecified atom stereocenters. The molecular formula is C22H34O5. The van der Waals surface area contributed by atoms with Crippen LogP contribution in [0, 0.1) is 29.1 Å². The number of unbranched alkanes of at least 4 members (excludes halogenated alkanes) is 1. The normalized spacial score (nSPS) is 27.0. The Morgan fingerprint density at radius 1 is 1.26 bits per heavy atom. The molecule has 0 aliphatic heterocycles. The molecule has 5 heteroatoms. The average Bonchev–Trinajstić information content (AvgIpc) is 2.86. The van der Waals surface area contributed by atoms with Gasteiger partial charge in [0.15, 0.2) is 0 Å². The number of aliphatic hydroxyl groups excluding tert-OH is 3. The fourth-order valence-corrected chi connectivity index (χ4v) is 3.36. The van der Waals surface area contributed by atoms with Crippen LogP contribution in [0.1, 0.15) is 59.3 Å². The van der Waals surface area contributed by atoms with E-state index in [9.17, 15) is 20.1 Å². The fourth-order valence-electron chi connectivity index (χ4n) is 3.36. The van der Waals surface area contributed by atoms with Crippen molar-refractivity contribution in [1.82, 2.24) is 0 Å². The largest absolute Gasteiger partial charge is 0.481 e. The van der Waals surface area contributed by atoms with Gasteiger partial charge in [-0.05, 0) is 32.1 Å². The molecule has 0 heterocycles. The predicted molar refractivity (Wildman–Crippen MR) is 106 cm³/mol. The number of allylic oxidation sites excluding steroid dienone is 2. The maximum Gasteiger partial charge on any atom is 0.303 e. The number of carboxylic acid groups (broad SMARTS) is 1. The van der Waals surface area contributed by atoms with Crippen molar-refractivity contribution >= 4 is 5.97 Å². The third kappa shape index (κ3) is 7.88. The van der Waals surface area contributed by atoms with Crippen molar-refractivity contribution in [2.45, 2.75) is 77.6 Å². The lowest BCUT2D eigenvalue weighted by Crippen LogP contribution is -2.28. The summed E-state index contributed by atoms with van der Waals surface area (Å²) in [6.07, 6.45) is 8.46. The molecule has 0 bridgehead atoms. The third-order valence-corrected chi connectivity index (χ3v) is 5.29. The standard InChI is InChI=1S/C22H34O5/c1-4-5-14-22(2,3)20(25)13-12-17-16(18(23)15-19(17)24)10-8-6-7-9-11-21(26)27/h6,8,12-13,16-20,23-25H,7,9-11,14-15H2,1-3H3,(H,26,27)/b8-6-,13-12+/t16-,17-,18+,19-,20-/m1/s1. The van der Waals surface area contributed by atoms with Crippen LogP contribution in [-0.2, 0) is 4.79 Å². The molecule has 0 aromatic rings. The first-order valence-corrected chi connectivity index (χ1v) is 9.68. The summed E-state index contributed by atoms with van der Waals surface area (Å²) >= 11 is 0. The van der Waals surface area contributed by atoms with Gasteiger partial charge in [0.2, 0.25) is 0 Å². The number of aliphatic carboxylic acids is 1. The maximum atomic E-state index is 10.5. The van der Waals surface area contributed by atoms with Gasteiger partial charge < -0.3 is 20.4 Å². The van der Waals surface area contributed by atoms with Gasteiger partial charge in [-0.1, -0.05) is 38.2 Å². The van der Waals surface area contributed by atoms with Crippen LogP contribution in [0.5, 0.6) is 0 Å². The fraction of sp³-hybridized carbons (Fsp3) is 0.682. The minimum atomic E-state index is -0.797. The van der Waals surface area contributed by atoms with E-state index in [4.69, 9.17) is 5.11 Å². The molecule has 4 N–H and O–H groups in total. The van der Waals surface area contributed by atoms with Gasteiger partial charge in [0.25, 0.3) is 0 Å². The second kappa shape index (κ2) is 11.3. The van der Waals surface area contributed by atoms with E-state index < -0.39 is 24.3 Å². The van der Waals surface area contributed by atoms with Crippen LogP contribution < -0.4 is 0 Å². The molecule has 0 saturated heterocycles. The van der Waals surface area contributed by atoms with Crippen molar-refractivity contribution < 1.29 is 25.2 Å². The first-order chi connectivity index (χ1) is 12.7. The summed E-state index contributed by atoms with van der Waals surface area (Å²) in [6.45, 7) is 5.67. The SMILES string of the molecule is CC#CCC(C)(C)[C@H](O)/C=C/[C@@H]1[C@@H](C/C=C\CCCC(=O)O)[C@@H](O)C[C@H]1O. The minimum absolute atomic E-state index is 0.113. The summed E-state index contributed by atoms with van der Waals surface area (Å²) < 4.78 is 0. The Bertz CT molecular complexity index is 581. The lowest BCUT2D eigenvalue weighted by molar-refractivity contribution is -0.137. The van der Waals surface area contributed by atoms with Crippen LogP contribution in [-0.4, -0.2) is 44.7 Å². The Hall–Kier alpha value is -1.61. The molecule has 1 aliphatic rings. The molecule has 5 atom stereocenters. The van der Waals surface area contributed by atoms with Crippen molar-refractivity contribution in [2.75, 3.05) is 0 Å². The van der Waals surface area contributed by atoms with Crippen molar-refractivity contribution in [1.29, 1.82) is 0 Å². The summed E-state index contributed by atoms with van der Waals surface area (Å²) in [5.41, 5.74) is -0.388. The molecule has 0 radical (unpaired) electrons. The number of carbonyl (C=O) groups is 1. The van der Waals surface area contributed by atoms with Gasteiger partial charge in [-0.2, -0.15) is 0 Å². The van der Waals surface area contributed by atoms with Crippen LogP contribution in [0.2, 0.25) is 0 Å². The number of hydrogen-bond donors (Lipinski definition) is 4. The molecule has 152 valence electrons. The summed E-state index contributed by atoms with van der Waals surface area (Å²) in [6, 6.07) is 0. The summed E-state index contributed by atoms with van der Waals surface area (Å²) in [5, 5.41) is 39.6. The number of aliphatic hydroxyl groups is 3. The van der Waals surface area contributed by atoms with Gasteiger partial charge in [-0.25, -0.2) is 0 Å². The number of carboxylic acids is 1. The zero-order chi connectivity index (χ0) is 20.4. The molecule has 0 spiro atoms. The maximum absolute atomic E-state index is 10.5. The van der Waals surface area contributed by atoms with Crippen molar-refractivity contribution in [3.63, 3.8) is 0 Å². The summed E-state index contributed by atoms with van der Waals surface area (Å²) in [5.74, 6) is 4.71. The highest BCUT2D eigenvalue weighted by Crippen LogP contribution is 2.37. The van der Waals surface area contributed by atoms with Crippen LogP contribution in [0.15, 0.2) is 24.3 Å². The number of rotatable bonds is 10. The monoisotopic (exact) mass is 378 g/mol. The Morgan fingerprint density at radius 2 is 1.96 bits per heavy atom. The smallest absolute Gasteiger partial charge is 0.303 e. The molecule has 0 aromatic carbocycles. The Labute approximate surface area is 162 Å². The molecule has 27 heavy (non-hydrogen) atoms. The summed E-state index contributed by atoms with van der Waals surface area (Å²) in [4.78, 5) is 10.5. The van der Waals surface area contributed by atoms with E-state index in [1.165, 1.54) is 0 Å². The van der Waals surface area contributed by atoms with E-state index in [-0.39, 0.29) is 23.7 Å². The van der Waals surface area contributed by atoms with Crippen LogP contribution in [0.4, 0.5) is 0 Å². The van der Waals surface area contributed by atoms with E-state index in [0.29, 0.717) is 32.1 Å². The van der Waals surface area contributed by atoms with Gasteiger partial charge in [0.1, 0.15) is 0 Å². The molecule has 0 amide bonds. The first-order valence-electron chi connectivity index (χ1n) is 9.68. The highest BCUT2D eigenvalue weighted by Gasteiger charge is 2.39. The van der Waals surface area contributed by atoms with E-state index >= 15 is 0 Å². The topological polar surface area (TPSA) is 98.0 Å². The quantitative estimate of drug-likeness (QED) is 0.266. The third-order valence-electron chi connectivity index (χ3n) is 5.29. The van der Waals surface area contributed by atoms with Gasteiger partial charge >= 0.3 is 5.97 Å². The van der Waals surface area contributed by atoms with Gasteiger partial charge in [-0.15, -0.1) is 11.8 Å². The predicted octanol–water partition coefficient (Wildman–Crippen LogP) is 2.90. The highest BCUT2D eigenvalue weighted by atomic mass is 16.4. The van der Waals surface area contributed by atoms with E-state index in [1.807, 2.05) is 32.1 Å². The second-order valence-corrected chi connectivity index (χ2v) is 8.03. The zero-order valence-electron chi connectivity index (χ0n) is 16.6. The molecule has 5 nitrogen and oxygen atoms in total. The van der Waals surface area contributed by atoms with E-state index in [0.717, 1.165) is 0 Å². The second-order valence-electron chi connectivity index (χ2n) is 8.03. The zero-order valence-corrected chi connectivity index (χ0v) is 16.6. The number of hydrogen-bond acceptors (Lipinski definition) is 4. The molecule has 1 aliphatic carbocycles. The lowest BCUT2D eigenvalue weighted by atomic mass is 9.82. The Morgan fingerprint density at radius 3 is 2.59 bits per heavy atom. The Kier molecular flexibility index (Phi) is 9.79. The van der Waals surface area contributed by atoms with Crippen LogP contribution in [0.25, 0.3) is 0 Å². The van der Waals surface area contributed by atoms with Crippen molar-refractivity contribution in [3.05, 3.63) is 24.3 Å². The molecule has 1 saturated carbocycles. The van der Waals surface area contributed by atoms with Crippen molar-refractivity contribution in [3.8, 4) is 11.8 Å². The van der Waals surface area contributed by atoms with Gasteiger partial charge in [-0.3, -0.25) is 4.79 Å². The van der Waals surface area contributed by atoms with Crippen LogP contribution in [0.3, 0.4) is 0 Å². The molecule has 1 rings (SSSR count). The molecule has 1 fully saturated rings. The molecule has 0 aromatic heterocycles. The highest BCUT2D eigenvalue weighted by molar-refractivity contribution is 5.66. The van der Waals surface area contributed by atoms with Gasteiger partial charge in [0, 0.05) is 30.6 Å².